The van der Waals surface area contributed by atoms with Gasteiger partial charge in [-0.3, -0.25) is 9.69 Å². The molecule has 3 heterocycles. The number of aromatic nitrogens is 2. The average Bonchev–Trinajstić information content (AvgIpc) is 3.21. The fourth-order valence-electron chi connectivity index (χ4n) is 6.59. The molecule has 0 bridgehead atoms. The monoisotopic (exact) mass is 632 g/mol. The van der Waals surface area contributed by atoms with Crippen molar-refractivity contribution in [3.05, 3.63) is 92.7 Å². The summed E-state index contributed by atoms with van der Waals surface area (Å²) in [6.45, 7) is 2.18. The van der Waals surface area contributed by atoms with Crippen LogP contribution in [0.1, 0.15) is 71.9 Å². The van der Waals surface area contributed by atoms with Crippen molar-refractivity contribution in [2.75, 3.05) is 13.1 Å². The van der Waals surface area contributed by atoms with Crippen molar-refractivity contribution in [2.24, 2.45) is 0 Å². The zero-order valence-electron chi connectivity index (χ0n) is 23.5. The van der Waals surface area contributed by atoms with Gasteiger partial charge in [-0.25, -0.2) is 18.7 Å². The van der Waals surface area contributed by atoms with E-state index in [4.69, 9.17) is 27.9 Å². The molecule has 1 unspecified atom stereocenters. The van der Waals surface area contributed by atoms with Crippen LogP contribution in [-0.4, -0.2) is 62.0 Å². The van der Waals surface area contributed by atoms with Crippen molar-refractivity contribution in [3.8, 4) is 0 Å². The van der Waals surface area contributed by atoms with E-state index >= 15 is 8.78 Å². The highest BCUT2D eigenvalue weighted by Gasteiger charge is 2.58. The Balaban J connectivity index is 1.56. The van der Waals surface area contributed by atoms with Crippen molar-refractivity contribution in [1.29, 1.82) is 0 Å². The third-order valence-corrected chi connectivity index (χ3v) is 9.47. The minimum atomic E-state index is -2.04. The van der Waals surface area contributed by atoms with Crippen LogP contribution in [0, 0.1) is 5.82 Å². The van der Waals surface area contributed by atoms with Crippen molar-refractivity contribution in [2.45, 2.75) is 74.8 Å². The number of hydrogen-bond donors (Lipinski definition) is 3. The van der Waals surface area contributed by atoms with Gasteiger partial charge >= 0.3 is 0 Å². The third kappa shape index (κ3) is 5.02. The molecular formula is C31H32Cl2F2N4O4. The number of ether oxygens (including phenoxy) is 1. The van der Waals surface area contributed by atoms with Gasteiger partial charge < -0.3 is 20.3 Å². The van der Waals surface area contributed by atoms with E-state index in [1.54, 1.807) is 31.2 Å². The molecule has 3 N–H and O–H groups in total. The fraction of sp³-hybridized carbons (Fsp3) is 0.452. The van der Waals surface area contributed by atoms with Gasteiger partial charge in [0.05, 0.1) is 34.9 Å². The van der Waals surface area contributed by atoms with Gasteiger partial charge in [-0.1, -0.05) is 42.3 Å². The molecule has 1 saturated carbocycles. The Kier molecular flexibility index (Phi) is 7.98. The molecule has 2 aliphatic heterocycles. The number of halogens is 4. The Bertz CT molecular complexity index is 1520. The number of rotatable bonds is 8. The highest BCUT2D eigenvalue weighted by molar-refractivity contribution is 6.30. The Morgan fingerprint density at radius 3 is 2.37 bits per heavy atom. The summed E-state index contributed by atoms with van der Waals surface area (Å²) >= 11 is 12.2. The highest BCUT2D eigenvalue weighted by Crippen LogP contribution is 2.52. The molecule has 3 aromatic rings. The van der Waals surface area contributed by atoms with Crippen LogP contribution >= 0.6 is 23.2 Å². The molecule has 1 aliphatic carbocycles. The van der Waals surface area contributed by atoms with E-state index in [1.165, 1.54) is 23.4 Å². The van der Waals surface area contributed by atoms with Crippen LogP contribution in [0.2, 0.25) is 10.0 Å². The van der Waals surface area contributed by atoms with E-state index < -0.39 is 40.9 Å². The van der Waals surface area contributed by atoms with E-state index in [0.717, 1.165) is 6.07 Å². The number of aliphatic hydroxyl groups excluding tert-OH is 1. The zero-order chi connectivity index (χ0) is 30.6. The number of carbonyl (C=O) groups excluding carboxylic acids is 1. The van der Waals surface area contributed by atoms with E-state index in [9.17, 15) is 15.0 Å². The normalized spacial score (nSPS) is 26.1. The van der Waals surface area contributed by atoms with Crippen LogP contribution in [0.4, 0.5) is 8.78 Å². The molecule has 43 heavy (non-hydrogen) atoms. The molecule has 2 fully saturated rings. The lowest BCUT2D eigenvalue weighted by Crippen LogP contribution is -2.54. The van der Waals surface area contributed by atoms with Crippen LogP contribution < -0.4 is 5.32 Å². The van der Waals surface area contributed by atoms with Gasteiger partial charge in [-0.15, -0.1) is 0 Å². The van der Waals surface area contributed by atoms with Crippen LogP contribution in [0.3, 0.4) is 0 Å². The molecule has 228 valence electrons. The molecule has 2 aromatic carbocycles. The molecule has 8 nitrogen and oxygen atoms in total. The Hall–Kier alpha value is -2.73. The van der Waals surface area contributed by atoms with Gasteiger partial charge in [0.15, 0.2) is 0 Å². The second kappa shape index (κ2) is 11.3. The molecule has 1 aromatic heterocycles. The van der Waals surface area contributed by atoms with E-state index in [1.807, 2.05) is 0 Å². The molecule has 2 atom stereocenters. The maximum atomic E-state index is 16.7. The number of aliphatic hydroxyl groups is 2. The lowest BCUT2D eigenvalue weighted by atomic mass is 9.71. The summed E-state index contributed by atoms with van der Waals surface area (Å²) in [5.41, 5.74) is -5.62. The third-order valence-electron chi connectivity index (χ3n) is 9.03. The zero-order valence-corrected chi connectivity index (χ0v) is 25.0. The lowest BCUT2D eigenvalue weighted by molar-refractivity contribution is -0.191. The van der Waals surface area contributed by atoms with Crippen molar-refractivity contribution >= 4 is 29.1 Å². The first-order valence-corrected chi connectivity index (χ1v) is 15.1. The van der Waals surface area contributed by atoms with Gasteiger partial charge in [0.25, 0.3) is 5.91 Å². The number of nitrogens with zero attached hydrogens (tertiary/aromatic N) is 3. The predicted octanol–water partition coefficient (Wildman–Crippen LogP) is 5.01. The summed E-state index contributed by atoms with van der Waals surface area (Å²) in [5, 5.41) is 25.7. The Morgan fingerprint density at radius 2 is 1.77 bits per heavy atom. The summed E-state index contributed by atoms with van der Waals surface area (Å²) in [4.78, 5) is 24.2. The van der Waals surface area contributed by atoms with Crippen LogP contribution in [0.15, 0.2) is 48.8 Å². The molecule has 1 saturated heterocycles. The van der Waals surface area contributed by atoms with Crippen molar-refractivity contribution in [1.82, 2.24) is 20.2 Å². The van der Waals surface area contributed by atoms with Gasteiger partial charge in [0.2, 0.25) is 5.72 Å². The quantitative estimate of drug-likeness (QED) is 0.320. The minimum absolute atomic E-state index is 0.0161. The molecule has 0 radical (unpaired) electrons. The first-order chi connectivity index (χ1) is 20.5. The first-order valence-electron chi connectivity index (χ1n) is 14.4. The maximum absolute atomic E-state index is 16.7. The summed E-state index contributed by atoms with van der Waals surface area (Å²) in [7, 11) is 0. The average molecular weight is 634 g/mol. The standard InChI is InChI=1S/C31H32Cl2F2N4O4/c1-2-30(42,29(35)7-9-36-10-8-29)19-11-24-27(25(34)12-19)31(43-23-13-22(40)14-23,18-3-5-20(32)6-4-18)39(28(24)41)17-26-37-15-21(33)16-38-26/h3-6,11-12,15-16,22-23,36,40,42H,2,7-10,13-14,17H2,1H3/t22-,23+,30?,31-/m1/s1. The second-order valence-electron chi connectivity index (χ2n) is 11.5. The number of piperidine rings is 1. The summed E-state index contributed by atoms with van der Waals surface area (Å²) in [6.07, 6.45) is 2.31. The summed E-state index contributed by atoms with van der Waals surface area (Å²) in [5.74, 6) is -1.22. The number of nitrogens with one attached hydrogen (secondary N) is 1. The number of amides is 1. The maximum Gasteiger partial charge on any atom is 0.257 e. The largest absolute Gasteiger partial charge is 0.393 e. The molecule has 1 amide bonds. The predicted molar refractivity (Wildman–Crippen MR) is 156 cm³/mol. The number of hydrogen-bond acceptors (Lipinski definition) is 7. The number of carbonyl (C=O) groups is 1. The van der Waals surface area contributed by atoms with Crippen LogP contribution in [0.5, 0.6) is 0 Å². The summed E-state index contributed by atoms with van der Waals surface area (Å²) in [6, 6.07) is 9.03. The number of alkyl halides is 1. The molecule has 12 heteroatoms. The van der Waals surface area contributed by atoms with Crippen LogP contribution in [-0.2, 0) is 22.6 Å². The van der Waals surface area contributed by atoms with E-state index in [2.05, 4.69) is 15.3 Å². The summed E-state index contributed by atoms with van der Waals surface area (Å²) < 4.78 is 39.8. The van der Waals surface area contributed by atoms with Gasteiger partial charge in [-0.05, 0) is 75.0 Å². The second-order valence-corrected chi connectivity index (χ2v) is 12.4. The van der Waals surface area contributed by atoms with Crippen molar-refractivity contribution < 1.29 is 28.5 Å². The minimum Gasteiger partial charge on any atom is -0.393 e. The van der Waals surface area contributed by atoms with Crippen molar-refractivity contribution in [3.63, 3.8) is 0 Å². The SMILES string of the molecule is CCC(O)(c1cc(F)c2c(c1)C(=O)N(Cc1ncc(Cl)cn1)[C@@]2(O[C@H]1C[C@@H](O)C1)c1ccc(Cl)cc1)C1(F)CCNCC1. The van der Waals surface area contributed by atoms with Crippen LogP contribution in [0.25, 0.3) is 0 Å². The molecule has 0 spiro atoms. The topological polar surface area (TPSA) is 108 Å². The Morgan fingerprint density at radius 1 is 1.12 bits per heavy atom. The highest BCUT2D eigenvalue weighted by atomic mass is 35.5. The van der Waals surface area contributed by atoms with Gasteiger partial charge in [-0.2, -0.15) is 0 Å². The van der Waals surface area contributed by atoms with Gasteiger partial charge in [0.1, 0.15) is 22.9 Å². The lowest BCUT2D eigenvalue weighted by Gasteiger charge is -2.45. The van der Waals surface area contributed by atoms with Gasteiger partial charge in [0, 0.05) is 23.0 Å². The van der Waals surface area contributed by atoms with E-state index in [-0.39, 0.29) is 61.2 Å². The fourth-order valence-corrected chi connectivity index (χ4v) is 6.81. The molecule has 6 rings (SSSR count). The molecular weight excluding hydrogens is 601 g/mol. The number of benzene rings is 2. The first kappa shape index (κ1) is 30.3. The number of fused-ring (bicyclic) bond motifs is 1. The van der Waals surface area contributed by atoms with E-state index in [0.29, 0.717) is 28.7 Å². The molecule has 3 aliphatic rings. The Labute approximate surface area is 258 Å². The smallest absolute Gasteiger partial charge is 0.257 e.